The van der Waals surface area contributed by atoms with Crippen molar-refractivity contribution in [2.45, 2.75) is 45.8 Å². The summed E-state index contributed by atoms with van der Waals surface area (Å²) in [5.74, 6) is 0. The Morgan fingerprint density at radius 1 is 1.40 bits per heavy atom. The number of aliphatic hydroxyl groups is 1. The van der Waals surface area contributed by atoms with Gasteiger partial charge in [0.2, 0.25) is 0 Å². The normalized spacial score (nSPS) is 16.8. The van der Waals surface area contributed by atoms with E-state index in [2.05, 4.69) is 19.2 Å². The van der Waals surface area contributed by atoms with Crippen molar-refractivity contribution in [1.29, 1.82) is 0 Å². The van der Waals surface area contributed by atoms with Crippen molar-refractivity contribution < 1.29 is 5.11 Å². The molecule has 0 spiro atoms. The summed E-state index contributed by atoms with van der Waals surface area (Å²) in [6, 6.07) is 0.582. The summed E-state index contributed by atoms with van der Waals surface area (Å²) in [5, 5.41) is 12.2. The van der Waals surface area contributed by atoms with Gasteiger partial charge in [-0.05, 0) is 33.2 Å². The van der Waals surface area contributed by atoms with Gasteiger partial charge < -0.3 is 10.4 Å². The highest BCUT2D eigenvalue weighted by molar-refractivity contribution is 4.58. The molecular weight excluding hydrogens is 126 g/mol. The van der Waals surface area contributed by atoms with E-state index in [1.165, 1.54) is 0 Å². The van der Waals surface area contributed by atoms with E-state index in [1.807, 2.05) is 6.92 Å². The van der Waals surface area contributed by atoms with Crippen LogP contribution in [0.4, 0.5) is 0 Å². The first-order valence-corrected chi connectivity index (χ1v) is 4.08. The van der Waals surface area contributed by atoms with Crippen molar-refractivity contribution in [2.24, 2.45) is 0 Å². The Kier molecular flexibility index (Phi) is 5.64. The first-order valence-electron chi connectivity index (χ1n) is 4.08. The minimum atomic E-state index is -0.170. The lowest BCUT2D eigenvalue weighted by molar-refractivity contribution is 0.182. The fraction of sp³-hybridized carbons (Fsp3) is 1.00. The van der Waals surface area contributed by atoms with E-state index in [0.717, 1.165) is 19.4 Å². The molecule has 2 nitrogen and oxygen atoms in total. The predicted octanol–water partition coefficient (Wildman–Crippen LogP) is 1.15. The Labute approximate surface area is 63.6 Å². The van der Waals surface area contributed by atoms with Crippen molar-refractivity contribution in [3.63, 3.8) is 0 Å². The van der Waals surface area contributed by atoms with Gasteiger partial charge in [0, 0.05) is 6.04 Å². The van der Waals surface area contributed by atoms with Gasteiger partial charge in [0.15, 0.2) is 0 Å². The number of aliphatic hydroxyl groups excluding tert-OH is 1. The summed E-state index contributed by atoms with van der Waals surface area (Å²) in [5.41, 5.74) is 0. The standard InChI is InChI=1S/C8H19NO/c1-4-7(2)9-6-5-8(3)10/h7-10H,4-6H2,1-3H3/t7?,8-/m1/s1. The molecule has 0 aromatic heterocycles. The number of nitrogens with one attached hydrogen (secondary N) is 1. The maximum atomic E-state index is 8.90. The fourth-order valence-corrected chi connectivity index (χ4v) is 0.683. The lowest BCUT2D eigenvalue weighted by Gasteiger charge is -2.11. The molecule has 0 bridgehead atoms. The van der Waals surface area contributed by atoms with Crippen LogP contribution >= 0.6 is 0 Å². The average molecular weight is 145 g/mol. The second-order valence-corrected chi connectivity index (χ2v) is 2.90. The molecule has 0 aliphatic carbocycles. The third-order valence-electron chi connectivity index (χ3n) is 1.67. The summed E-state index contributed by atoms with van der Waals surface area (Å²) < 4.78 is 0. The van der Waals surface area contributed by atoms with Gasteiger partial charge in [0.25, 0.3) is 0 Å². The molecule has 2 atom stereocenters. The van der Waals surface area contributed by atoms with Crippen molar-refractivity contribution in [2.75, 3.05) is 6.54 Å². The third kappa shape index (κ3) is 6.05. The second-order valence-electron chi connectivity index (χ2n) is 2.90. The lowest BCUT2D eigenvalue weighted by atomic mass is 10.2. The van der Waals surface area contributed by atoms with Gasteiger partial charge in [-0.1, -0.05) is 6.92 Å². The van der Waals surface area contributed by atoms with Crippen LogP contribution in [0.3, 0.4) is 0 Å². The van der Waals surface area contributed by atoms with E-state index in [9.17, 15) is 0 Å². The molecule has 0 rings (SSSR count). The molecule has 0 aromatic carbocycles. The Hall–Kier alpha value is -0.0800. The topological polar surface area (TPSA) is 32.3 Å². The zero-order chi connectivity index (χ0) is 7.98. The molecule has 0 heterocycles. The molecular formula is C8H19NO. The fourth-order valence-electron chi connectivity index (χ4n) is 0.683. The van der Waals surface area contributed by atoms with Crippen LogP contribution in [0.15, 0.2) is 0 Å². The Balaban J connectivity index is 3.03. The Morgan fingerprint density at radius 3 is 2.40 bits per heavy atom. The molecule has 0 saturated carbocycles. The van der Waals surface area contributed by atoms with Crippen molar-refractivity contribution in [3.05, 3.63) is 0 Å². The van der Waals surface area contributed by atoms with Gasteiger partial charge in [0.1, 0.15) is 0 Å². The SMILES string of the molecule is CCC(C)NCC[C@@H](C)O. The van der Waals surface area contributed by atoms with Crippen LogP contribution in [-0.2, 0) is 0 Å². The molecule has 0 amide bonds. The van der Waals surface area contributed by atoms with Gasteiger partial charge in [-0.3, -0.25) is 0 Å². The molecule has 0 radical (unpaired) electrons. The predicted molar refractivity (Wildman–Crippen MR) is 44.1 cm³/mol. The van der Waals surface area contributed by atoms with Crippen LogP contribution < -0.4 is 5.32 Å². The molecule has 0 fully saturated rings. The molecule has 1 unspecified atom stereocenters. The van der Waals surface area contributed by atoms with Gasteiger partial charge in [-0.15, -0.1) is 0 Å². The summed E-state index contributed by atoms with van der Waals surface area (Å²) in [6.45, 7) is 7.05. The number of hydrogen-bond acceptors (Lipinski definition) is 2. The maximum Gasteiger partial charge on any atom is 0.0524 e. The summed E-state index contributed by atoms with van der Waals surface area (Å²) >= 11 is 0. The zero-order valence-corrected chi connectivity index (χ0v) is 7.22. The van der Waals surface area contributed by atoms with Crippen molar-refractivity contribution in [3.8, 4) is 0 Å². The minimum absolute atomic E-state index is 0.170. The summed E-state index contributed by atoms with van der Waals surface area (Å²) in [7, 11) is 0. The molecule has 0 saturated heterocycles. The molecule has 2 heteroatoms. The van der Waals surface area contributed by atoms with E-state index in [0.29, 0.717) is 6.04 Å². The van der Waals surface area contributed by atoms with Gasteiger partial charge in [-0.25, -0.2) is 0 Å². The van der Waals surface area contributed by atoms with Crippen LogP contribution in [0, 0.1) is 0 Å². The lowest BCUT2D eigenvalue weighted by Crippen LogP contribution is -2.27. The maximum absolute atomic E-state index is 8.90. The van der Waals surface area contributed by atoms with Crippen LogP contribution in [0.1, 0.15) is 33.6 Å². The van der Waals surface area contributed by atoms with Gasteiger partial charge >= 0.3 is 0 Å². The Bertz CT molecular complexity index is 73.7. The number of rotatable bonds is 5. The second kappa shape index (κ2) is 5.69. The highest BCUT2D eigenvalue weighted by Gasteiger charge is 1.98. The van der Waals surface area contributed by atoms with Gasteiger partial charge in [0.05, 0.1) is 6.10 Å². The van der Waals surface area contributed by atoms with E-state index in [-0.39, 0.29) is 6.10 Å². The Morgan fingerprint density at radius 2 is 2.00 bits per heavy atom. The van der Waals surface area contributed by atoms with Crippen molar-refractivity contribution >= 4 is 0 Å². The molecule has 10 heavy (non-hydrogen) atoms. The largest absolute Gasteiger partial charge is 0.393 e. The highest BCUT2D eigenvalue weighted by atomic mass is 16.3. The summed E-state index contributed by atoms with van der Waals surface area (Å²) in [4.78, 5) is 0. The first-order chi connectivity index (χ1) is 4.66. The van der Waals surface area contributed by atoms with E-state index in [4.69, 9.17) is 5.11 Å². The molecule has 2 N–H and O–H groups in total. The highest BCUT2D eigenvalue weighted by Crippen LogP contribution is 1.90. The molecule has 0 aliphatic rings. The number of hydrogen-bond donors (Lipinski definition) is 2. The monoisotopic (exact) mass is 145 g/mol. The average Bonchev–Trinajstić information content (AvgIpc) is 1.87. The van der Waals surface area contributed by atoms with Crippen LogP contribution in [-0.4, -0.2) is 23.8 Å². The molecule has 62 valence electrons. The minimum Gasteiger partial charge on any atom is -0.393 e. The summed E-state index contributed by atoms with van der Waals surface area (Å²) in [6.07, 6.45) is 1.83. The quantitative estimate of drug-likeness (QED) is 0.608. The molecule has 0 aliphatic heterocycles. The molecule has 0 aromatic rings. The van der Waals surface area contributed by atoms with Crippen LogP contribution in [0.5, 0.6) is 0 Å². The van der Waals surface area contributed by atoms with Crippen LogP contribution in [0.2, 0.25) is 0 Å². The first kappa shape index (κ1) is 9.92. The van der Waals surface area contributed by atoms with E-state index < -0.39 is 0 Å². The third-order valence-corrected chi connectivity index (χ3v) is 1.67. The van der Waals surface area contributed by atoms with E-state index >= 15 is 0 Å². The smallest absolute Gasteiger partial charge is 0.0524 e. The van der Waals surface area contributed by atoms with Crippen LogP contribution in [0.25, 0.3) is 0 Å². The van der Waals surface area contributed by atoms with E-state index in [1.54, 1.807) is 0 Å². The van der Waals surface area contributed by atoms with Gasteiger partial charge in [-0.2, -0.15) is 0 Å². The van der Waals surface area contributed by atoms with Crippen molar-refractivity contribution in [1.82, 2.24) is 5.32 Å². The zero-order valence-electron chi connectivity index (χ0n) is 7.22.